The Balaban J connectivity index is 3.74. The summed E-state index contributed by atoms with van der Waals surface area (Å²) in [5, 5.41) is 2.58. The van der Waals surface area contributed by atoms with Gasteiger partial charge in [0, 0.05) is 12.0 Å². The summed E-state index contributed by atoms with van der Waals surface area (Å²) in [7, 11) is 0. The van der Waals surface area contributed by atoms with E-state index in [4.69, 9.17) is 0 Å². The zero-order valence-electron chi connectivity index (χ0n) is 9.35. The first-order chi connectivity index (χ1) is 6.40. The van der Waals surface area contributed by atoms with Gasteiger partial charge in [-0.15, -0.1) is 0 Å². The van der Waals surface area contributed by atoms with Gasteiger partial charge in [0.2, 0.25) is 0 Å². The lowest BCUT2D eigenvalue weighted by Crippen LogP contribution is -2.31. The number of nitrogens with one attached hydrogen (secondary N) is 1. The first-order valence-corrected chi connectivity index (χ1v) is 4.82. The second-order valence-corrected chi connectivity index (χ2v) is 3.84. The first kappa shape index (κ1) is 12.9. The molecule has 0 saturated heterocycles. The molecule has 0 aliphatic rings. The van der Waals surface area contributed by atoms with Gasteiger partial charge in [-0.05, 0) is 20.3 Å². The van der Waals surface area contributed by atoms with Crippen LogP contribution < -0.4 is 5.32 Å². The van der Waals surface area contributed by atoms with Crippen molar-refractivity contribution in [1.82, 2.24) is 5.32 Å². The van der Waals surface area contributed by atoms with Crippen LogP contribution in [-0.4, -0.2) is 25.0 Å². The molecule has 0 aromatic heterocycles. The number of hydrogen-bond acceptors (Lipinski definition) is 3. The minimum atomic E-state index is -0.424. The van der Waals surface area contributed by atoms with Crippen LogP contribution in [0.1, 0.15) is 34.1 Å². The average molecular weight is 201 g/mol. The van der Waals surface area contributed by atoms with Crippen LogP contribution in [0.15, 0.2) is 0 Å². The predicted octanol–water partition coefficient (Wildman–Crippen LogP) is 1.74. The minimum Gasteiger partial charge on any atom is -0.450 e. The van der Waals surface area contributed by atoms with Gasteiger partial charge < -0.3 is 10.1 Å². The number of alkyl carbamates (subject to hydrolysis) is 1. The Kier molecular flexibility index (Phi) is 5.20. The van der Waals surface area contributed by atoms with Crippen LogP contribution in [0.25, 0.3) is 0 Å². The largest absolute Gasteiger partial charge is 0.450 e. The molecule has 0 bridgehead atoms. The molecule has 0 fully saturated rings. The van der Waals surface area contributed by atoms with Gasteiger partial charge in [-0.1, -0.05) is 13.8 Å². The monoisotopic (exact) mass is 201 g/mol. The van der Waals surface area contributed by atoms with Crippen LogP contribution in [0.5, 0.6) is 0 Å². The summed E-state index contributed by atoms with van der Waals surface area (Å²) in [6, 6.07) is 0. The molecule has 0 atom stereocenters. The Bertz CT molecular complexity index is 211. The van der Waals surface area contributed by atoms with E-state index in [2.05, 4.69) is 10.1 Å². The molecule has 0 aliphatic carbocycles. The van der Waals surface area contributed by atoms with Crippen LogP contribution in [0.4, 0.5) is 4.79 Å². The van der Waals surface area contributed by atoms with Crippen molar-refractivity contribution >= 4 is 11.9 Å². The SMILES string of the molecule is CCOC(=O)NCCC(C)(C)C(C)=O. The Morgan fingerprint density at radius 1 is 1.36 bits per heavy atom. The van der Waals surface area contributed by atoms with Crippen LogP contribution in [0.2, 0.25) is 0 Å². The second kappa shape index (κ2) is 5.62. The molecule has 1 N–H and O–H groups in total. The van der Waals surface area contributed by atoms with Crippen LogP contribution in [0.3, 0.4) is 0 Å². The van der Waals surface area contributed by atoms with Gasteiger partial charge in [-0.2, -0.15) is 0 Å². The molecule has 82 valence electrons. The molecule has 0 aliphatic heterocycles. The molecule has 0 radical (unpaired) electrons. The maximum absolute atomic E-state index is 11.1. The normalized spacial score (nSPS) is 10.9. The lowest BCUT2D eigenvalue weighted by Gasteiger charge is -2.20. The van der Waals surface area contributed by atoms with Crippen molar-refractivity contribution < 1.29 is 14.3 Å². The third-order valence-electron chi connectivity index (χ3n) is 2.25. The number of carbonyl (C=O) groups is 2. The first-order valence-electron chi connectivity index (χ1n) is 4.82. The maximum Gasteiger partial charge on any atom is 0.407 e. The summed E-state index contributed by atoms with van der Waals surface area (Å²) in [5.74, 6) is 0.128. The Hall–Kier alpha value is -1.06. The van der Waals surface area contributed by atoms with Crippen molar-refractivity contribution in [3.63, 3.8) is 0 Å². The van der Waals surface area contributed by atoms with Crippen molar-refractivity contribution in [2.45, 2.75) is 34.1 Å². The highest BCUT2D eigenvalue weighted by atomic mass is 16.5. The zero-order chi connectivity index (χ0) is 11.2. The van der Waals surface area contributed by atoms with Gasteiger partial charge in [-0.25, -0.2) is 4.79 Å². The maximum atomic E-state index is 11.1. The molecular weight excluding hydrogens is 182 g/mol. The highest BCUT2D eigenvalue weighted by molar-refractivity contribution is 5.81. The van der Waals surface area contributed by atoms with E-state index < -0.39 is 6.09 Å². The smallest absolute Gasteiger partial charge is 0.407 e. The van der Waals surface area contributed by atoms with E-state index in [1.165, 1.54) is 0 Å². The molecule has 0 unspecified atom stereocenters. The van der Waals surface area contributed by atoms with Crippen molar-refractivity contribution in [2.24, 2.45) is 5.41 Å². The van der Waals surface area contributed by atoms with E-state index >= 15 is 0 Å². The average Bonchev–Trinajstić information content (AvgIpc) is 2.04. The Morgan fingerprint density at radius 3 is 2.36 bits per heavy atom. The summed E-state index contributed by atoms with van der Waals surface area (Å²) < 4.78 is 4.68. The van der Waals surface area contributed by atoms with Crippen LogP contribution >= 0.6 is 0 Å². The second-order valence-electron chi connectivity index (χ2n) is 3.84. The Morgan fingerprint density at radius 2 is 1.93 bits per heavy atom. The fourth-order valence-electron chi connectivity index (χ4n) is 0.835. The van der Waals surface area contributed by atoms with Gasteiger partial charge in [0.15, 0.2) is 0 Å². The third-order valence-corrected chi connectivity index (χ3v) is 2.25. The predicted molar refractivity (Wildman–Crippen MR) is 54.1 cm³/mol. The van der Waals surface area contributed by atoms with Crippen molar-refractivity contribution in [3.05, 3.63) is 0 Å². The van der Waals surface area contributed by atoms with E-state index in [1.807, 2.05) is 13.8 Å². The molecule has 0 aromatic rings. The summed E-state index contributed by atoms with van der Waals surface area (Å²) in [5.41, 5.74) is -0.376. The number of rotatable bonds is 5. The summed E-state index contributed by atoms with van der Waals surface area (Å²) in [4.78, 5) is 22.0. The van der Waals surface area contributed by atoms with Gasteiger partial charge in [0.25, 0.3) is 0 Å². The van der Waals surface area contributed by atoms with Gasteiger partial charge in [0.1, 0.15) is 5.78 Å². The molecule has 0 spiro atoms. The highest BCUT2D eigenvalue weighted by Crippen LogP contribution is 2.20. The van der Waals surface area contributed by atoms with Crippen molar-refractivity contribution in [3.8, 4) is 0 Å². The van der Waals surface area contributed by atoms with Crippen molar-refractivity contribution in [2.75, 3.05) is 13.2 Å². The zero-order valence-corrected chi connectivity index (χ0v) is 9.35. The molecule has 4 nitrogen and oxygen atoms in total. The summed E-state index contributed by atoms with van der Waals surface area (Å²) in [6.45, 7) is 7.86. The fraction of sp³-hybridized carbons (Fsp3) is 0.800. The molecule has 0 rings (SSSR count). The van der Waals surface area contributed by atoms with Gasteiger partial charge in [-0.3, -0.25) is 4.79 Å². The van der Waals surface area contributed by atoms with E-state index in [1.54, 1.807) is 13.8 Å². The van der Waals surface area contributed by atoms with E-state index in [-0.39, 0.29) is 11.2 Å². The Labute approximate surface area is 85.0 Å². The molecule has 4 heteroatoms. The molecule has 14 heavy (non-hydrogen) atoms. The fourth-order valence-corrected chi connectivity index (χ4v) is 0.835. The van der Waals surface area contributed by atoms with Gasteiger partial charge >= 0.3 is 6.09 Å². The number of amides is 1. The topological polar surface area (TPSA) is 55.4 Å². The standard InChI is InChI=1S/C10H19NO3/c1-5-14-9(13)11-7-6-10(3,4)8(2)12/h5-7H2,1-4H3,(H,11,13). The minimum absolute atomic E-state index is 0.128. The lowest BCUT2D eigenvalue weighted by molar-refractivity contribution is -0.125. The molecule has 0 saturated carbocycles. The van der Waals surface area contributed by atoms with E-state index in [0.29, 0.717) is 19.6 Å². The molecular formula is C10H19NO3. The lowest BCUT2D eigenvalue weighted by atomic mass is 9.85. The molecule has 0 heterocycles. The summed E-state index contributed by atoms with van der Waals surface area (Å²) >= 11 is 0. The van der Waals surface area contributed by atoms with E-state index in [9.17, 15) is 9.59 Å². The molecule has 1 amide bonds. The summed E-state index contributed by atoms with van der Waals surface area (Å²) in [6.07, 6.45) is 0.202. The number of Topliss-reactive ketones (excluding diaryl/α,β-unsaturated/α-hetero) is 1. The van der Waals surface area contributed by atoms with Crippen molar-refractivity contribution in [1.29, 1.82) is 0 Å². The third kappa shape index (κ3) is 4.84. The highest BCUT2D eigenvalue weighted by Gasteiger charge is 2.23. The quantitative estimate of drug-likeness (QED) is 0.737. The van der Waals surface area contributed by atoms with Crippen LogP contribution in [-0.2, 0) is 9.53 Å². The molecule has 0 aromatic carbocycles. The number of hydrogen-bond donors (Lipinski definition) is 1. The van der Waals surface area contributed by atoms with Gasteiger partial charge in [0.05, 0.1) is 6.61 Å². The number of carbonyl (C=O) groups excluding carboxylic acids is 2. The van der Waals surface area contributed by atoms with Crippen LogP contribution in [0, 0.1) is 5.41 Å². The number of ketones is 1. The number of ether oxygens (including phenoxy) is 1. The van der Waals surface area contributed by atoms with E-state index in [0.717, 1.165) is 0 Å².